The second-order valence-electron chi connectivity index (χ2n) is 16.8. The van der Waals surface area contributed by atoms with Crippen LogP contribution in [0.1, 0.15) is 206 Å². The fourth-order valence-corrected chi connectivity index (χ4v) is 7.95. The molecule has 4 N–H and O–H groups in total. The van der Waals surface area contributed by atoms with Gasteiger partial charge in [0, 0.05) is 12.8 Å². The second-order valence-corrected chi connectivity index (χ2v) is 18.3. The highest BCUT2D eigenvalue weighted by atomic mass is 32.2. The topological polar surface area (TPSA) is 186 Å². The molecule has 1 heterocycles. The zero-order valence-corrected chi connectivity index (χ0v) is 38.4. The molecule has 1 aliphatic heterocycles. The van der Waals surface area contributed by atoms with Gasteiger partial charge >= 0.3 is 11.9 Å². The van der Waals surface area contributed by atoms with Gasteiger partial charge in [-0.15, -0.1) is 0 Å². The van der Waals surface area contributed by atoms with Crippen LogP contribution in [0.4, 0.5) is 0 Å². The number of rotatable bonds is 40. The molecule has 0 spiro atoms. The van der Waals surface area contributed by atoms with E-state index in [9.17, 15) is 37.9 Å². The van der Waals surface area contributed by atoms with Gasteiger partial charge in [-0.2, -0.15) is 8.42 Å². The smallest absolute Gasteiger partial charge is 0.306 e. The summed E-state index contributed by atoms with van der Waals surface area (Å²) in [6.45, 7) is 3.75. The third-order valence-corrected chi connectivity index (χ3v) is 11.8. The first-order valence-corrected chi connectivity index (χ1v) is 25.5. The van der Waals surface area contributed by atoms with Crippen molar-refractivity contribution in [1.29, 1.82) is 0 Å². The van der Waals surface area contributed by atoms with Crippen LogP contribution in [-0.2, 0) is 38.7 Å². The van der Waals surface area contributed by atoms with Crippen molar-refractivity contribution in [3.63, 3.8) is 0 Å². The molecule has 1 saturated heterocycles. The average Bonchev–Trinajstić information content (AvgIpc) is 3.21. The molecule has 0 aromatic carbocycles. The summed E-state index contributed by atoms with van der Waals surface area (Å²) < 4.78 is 54.1. The first kappa shape index (κ1) is 56.1. The van der Waals surface area contributed by atoms with Gasteiger partial charge in [0.05, 0.1) is 6.61 Å². The van der Waals surface area contributed by atoms with Gasteiger partial charge in [-0.1, -0.05) is 154 Å². The molecule has 0 radical (unpaired) electrons. The van der Waals surface area contributed by atoms with E-state index in [-0.39, 0.29) is 19.4 Å². The Bertz CT molecular complexity index is 1210. The summed E-state index contributed by atoms with van der Waals surface area (Å²) in [5.74, 6) is -2.00. The number of unbranched alkanes of at least 4 members (excludes halogenated alkanes) is 24. The lowest BCUT2D eigenvalue weighted by Gasteiger charge is -2.40. The third kappa shape index (κ3) is 31.9. The molecular formula is C47H86O12S. The summed E-state index contributed by atoms with van der Waals surface area (Å²) in [5, 5.41) is 30.9. The molecule has 1 fully saturated rings. The number of carbonyl (C=O) groups is 2. The molecule has 6 atom stereocenters. The van der Waals surface area contributed by atoms with Gasteiger partial charge in [0.1, 0.15) is 36.8 Å². The van der Waals surface area contributed by atoms with Crippen molar-refractivity contribution in [1.82, 2.24) is 0 Å². The number of allylic oxidation sites excluding steroid dienone is 4. The van der Waals surface area contributed by atoms with Crippen molar-refractivity contribution >= 4 is 22.1 Å². The Morgan fingerprint density at radius 3 is 1.42 bits per heavy atom. The van der Waals surface area contributed by atoms with E-state index in [0.717, 1.165) is 51.4 Å². The quantitative estimate of drug-likeness (QED) is 0.0198. The van der Waals surface area contributed by atoms with Gasteiger partial charge in [-0.3, -0.25) is 14.1 Å². The molecule has 0 amide bonds. The minimum absolute atomic E-state index is 0.161. The number of aliphatic hydroxyl groups excluding tert-OH is 3. The van der Waals surface area contributed by atoms with Crippen molar-refractivity contribution in [2.45, 2.75) is 243 Å². The standard InChI is InChI=1S/C47H86O12S/c1-3-5-7-9-11-13-15-17-19-20-22-24-26-28-30-32-34-36-43(49)58-40(38-57-47-46(52)45(51)44(50)41(59-47)39-60(53,54)55)37-56-42(48)35-33-31-29-27-25-23-21-18-16-14-12-10-8-6-4-2/h13,15,23,25,40-41,44-47,50-52H,3-12,14,16-22,24,26-39H2,1-2H3,(H,53,54,55)/b15-13+,25-23+/t40-,41-,44-,45?,46?,47+/m1/s1. The van der Waals surface area contributed by atoms with Crippen LogP contribution in [0.3, 0.4) is 0 Å². The second kappa shape index (κ2) is 37.7. The molecule has 0 aromatic rings. The van der Waals surface area contributed by atoms with Gasteiger partial charge in [-0.25, -0.2) is 0 Å². The fourth-order valence-electron chi connectivity index (χ4n) is 7.25. The van der Waals surface area contributed by atoms with Crippen LogP contribution in [-0.4, -0.2) is 96.0 Å². The van der Waals surface area contributed by atoms with E-state index in [1.807, 2.05) is 0 Å². The number of aliphatic hydroxyl groups is 3. The lowest BCUT2D eigenvalue weighted by Crippen LogP contribution is -2.60. The van der Waals surface area contributed by atoms with E-state index in [4.69, 9.17) is 18.9 Å². The normalized spacial score (nSPS) is 20.3. The Kier molecular flexibility index (Phi) is 35.2. The SMILES string of the molecule is CCCCCC/C=C/CCCCCCCCCCCC(=O)O[C@H](COC(=O)CCCCC/C=C/CCCCCCCCCC)CO[C@H]1O[C@H](CS(=O)(=O)O)[C@@H](O)C(O)C1O. The lowest BCUT2D eigenvalue weighted by atomic mass is 10.00. The highest BCUT2D eigenvalue weighted by Crippen LogP contribution is 2.24. The number of carbonyl (C=O) groups excluding carboxylic acids is 2. The Balaban J connectivity index is 2.43. The van der Waals surface area contributed by atoms with E-state index in [1.165, 1.54) is 116 Å². The van der Waals surface area contributed by atoms with Crippen LogP contribution in [0.2, 0.25) is 0 Å². The maximum absolute atomic E-state index is 12.8. The first-order chi connectivity index (χ1) is 29.0. The Labute approximate surface area is 364 Å². The van der Waals surface area contributed by atoms with E-state index < -0.39 is 71.2 Å². The van der Waals surface area contributed by atoms with Crippen LogP contribution < -0.4 is 0 Å². The van der Waals surface area contributed by atoms with E-state index in [2.05, 4.69) is 38.2 Å². The van der Waals surface area contributed by atoms with Gasteiger partial charge in [0.2, 0.25) is 0 Å². The Morgan fingerprint density at radius 1 is 0.550 bits per heavy atom. The van der Waals surface area contributed by atoms with Gasteiger partial charge in [0.25, 0.3) is 10.1 Å². The highest BCUT2D eigenvalue weighted by Gasteiger charge is 2.46. The van der Waals surface area contributed by atoms with Crippen LogP contribution in [0, 0.1) is 0 Å². The van der Waals surface area contributed by atoms with Crippen molar-refractivity contribution < 1.29 is 56.8 Å². The molecule has 0 saturated carbocycles. The van der Waals surface area contributed by atoms with Gasteiger partial charge in [-0.05, 0) is 64.2 Å². The Morgan fingerprint density at radius 2 is 0.950 bits per heavy atom. The summed E-state index contributed by atoms with van der Waals surface area (Å²) in [6.07, 6.45) is 32.2. The van der Waals surface area contributed by atoms with Gasteiger partial charge < -0.3 is 34.3 Å². The summed E-state index contributed by atoms with van der Waals surface area (Å²) >= 11 is 0. The summed E-state index contributed by atoms with van der Waals surface area (Å²) in [5.41, 5.74) is 0. The molecule has 1 aliphatic rings. The van der Waals surface area contributed by atoms with Crippen LogP contribution in [0.15, 0.2) is 24.3 Å². The average molecular weight is 875 g/mol. The highest BCUT2D eigenvalue weighted by molar-refractivity contribution is 7.85. The Hall–Kier alpha value is -1.87. The lowest BCUT2D eigenvalue weighted by molar-refractivity contribution is -0.297. The van der Waals surface area contributed by atoms with Crippen molar-refractivity contribution in [2.24, 2.45) is 0 Å². The first-order valence-electron chi connectivity index (χ1n) is 23.9. The monoisotopic (exact) mass is 875 g/mol. The van der Waals surface area contributed by atoms with Crippen molar-refractivity contribution in [2.75, 3.05) is 19.0 Å². The zero-order valence-electron chi connectivity index (χ0n) is 37.6. The van der Waals surface area contributed by atoms with E-state index >= 15 is 0 Å². The molecule has 0 aromatic heterocycles. The van der Waals surface area contributed by atoms with Gasteiger partial charge in [0.15, 0.2) is 12.4 Å². The molecule has 1 rings (SSSR count). The van der Waals surface area contributed by atoms with Crippen LogP contribution in [0.25, 0.3) is 0 Å². The maximum Gasteiger partial charge on any atom is 0.306 e. The molecule has 352 valence electrons. The van der Waals surface area contributed by atoms with E-state index in [1.54, 1.807) is 0 Å². The predicted molar refractivity (Wildman–Crippen MR) is 238 cm³/mol. The summed E-state index contributed by atoms with van der Waals surface area (Å²) in [7, 11) is -4.60. The fraction of sp³-hybridized carbons (Fsp3) is 0.872. The maximum atomic E-state index is 12.8. The number of hydrogen-bond donors (Lipinski definition) is 4. The molecule has 60 heavy (non-hydrogen) atoms. The zero-order chi connectivity index (χ0) is 44.1. The van der Waals surface area contributed by atoms with Crippen molar-refractivity contribution in [3.05, 3.63) is 24.3 Å². The molecule has 12 nitrogen and oxygen atoms in total. The molecule has 0 aliphatic carbocycles. The van der Waals surface area contributed by atoms with Crippen LogP contribution >= 0.6 is 0 Å². The third-order valence-electron chi connectivity index (χ3n) is 11.0. The predicted octanol–water partition coefficient (Wildman–Crippen LogP) is 10.0. The van der Waals surface area contributed by atoms with E-state index in [0.29, 0.717) is 12.8 Å². The largest absolute Gasteiger partial charge is 0.462 e. The summed E-state index contributed by atoms with van der Waals surface area (Å²) in [6, 6.07) is 0. The minimum Gasteiger partial charge on any atom is -0.462 e. The minimum atomic E-state index is -4.60. The van der Waals surface area contributed by atoms with Crippen LogP contribution in [0.5, 0.6) is 0 Å². The molecule has 2 unspecified atom stereocenters. The summed E-state index contributed by atoms with van der Waals surface area (Å²) in [4.78, 5) is 25.4. The van der Waals surface area contributed by atoms with Crippen molar-refractivity contribution in [3.8, 4) is 0 Å². The number of esters is 2. The molecule has 13 heteroatoms. The molecule has 0 bridgehead atoms. The number of ether oxygens (including phenoxy) is 4. The number of hydrogen-bond acceptors (Lipinski definition) is 11. The molecular weight excluding hydrogens is 789 g/mol.